The van der Waals surface area contributed by atoms with Gasteiger partial charge < -0.3 is 20.1 Å². The summed E-state index contributed by atoms with van der Waals surface area (Å²) < 4.78 is 38.2. The molecule has 2 heterocycles. The first-order chi connectivity index (χ1) is 19.3. The molecule has 3 N–H and O–H groups in total. The third-order valence-electron chi connectivity index (χ3n) is 6.87. The van der Waals surface area contributed by atoms with Crippen LogP contribution in [0.2, 0.25) is 5.02 Å². The molecule has 2 aromatic carbocycles. The van der Waals surface area contributed by atoms with Gasteiger partial charge in [0.1, 0.15) is 11.5 Å². The SMILES string of the molecule is COc1c(NC(=O)c2ccc(Cl)c(Oc3ccnc(CC4CCNCC4)c3)c2)cc(C(C)(C)C)cc1NS(C)(=O)=O. The molecule has 0 atom stereocenters. The van der Waals surface area contributed by atoms with Gasteiger partial charge in [0.25, 0.3) is 5.91 Å². The van der Waals surface area contributed by atoms with Gasteiger partial charge in [-0.05, 0) is 85.6 Å². The number of benzene rings is 2. The van der Waals surface area contributed by atoms with E-state index in [2.05, 4.69) is 20.3 Å². The van der Waals surface area contributed by atoms with Gasteiger partial charge in [0.15, 0.2) is 5.75 Å². The van der Waals surface area contributed by atoms with Gasteiger partial charge >= 0.3 is 0 Å². The van der Waals surface area contributed by atoms with E-state index in [1.807, 2.05) is 26.8 Å². The first-order valence-electron chi connectivity index (χ1n) is 13.5. The fraction of sp³-hybridized carbons (Fsp3) is 0.400. The van der Waals surface area contributed by atoms with Crippen molar-refractivity contribution in [1.82, 2.24) is 10.3 Å². The number of sulfonamides is 1. The Morgan fingerprint density at radius 2 is 1.80 bits per heavy atom. The van der Waals surface area contributed by atoms with Gasteiger partial charge in [0, 0.05) is 23.5 Å². The minimum atomic E-state index is -3.60. The molecule has 0 spiro atoms. The number of rotatable bonds is 9. The molecule has 220 valence electrons. The number of carbonyl (C=O) groups excluding carboxylic acids is 1. The molecule has 1 aliphatic heterocycles. The number of nitrogens with zero attached hydrogens (tertiary/aromatic N) is 1. The molecule has 1 amide bonds. The first kappa shape index (κ1) is 30.6. The number of ether oxygens (including phenoxy) is 2. The highest BCUT2D eigenvalue weighted by molar-refractivity contribution is 7.92. The predicted octanol–water partition coefficient (Wildman–Crippen LogP) is 6.00. The second kappa shape index (κ2) is 12.7. The number of pyridine rings is 1. The fourth-order valence-electron chi connectivity index (χ4n) is 4.71. The molecule has 9 nitrogen and oxygen atoms in total. The Morgan fingerprint density at radius 3 is 2.46 bits per heavy atom. The number of hydrogen-bond donors (Lipinski definition) is 3. The summed E-state index contributed by atoms with van der Waals surface area (Å²) in [5.41, 5.74) is 2.27. The second-order valence-corrected chi connectivity index (χ2v) is 13.5. The summed E-state index contributed by atoms with van der Waals surface area (Å²) in [6.07, 6.45) is 5.88. The zero-order valence-corrected chi connectivity index (χ0v) is 25.6. The highest BCUT2D eigenvalue weighted by Crippen LogP contribution is 2.39. The lowest BCUT2D eigenvalue weighted by molar-refractivity contribution is 0.102. The Labute approximate surface area is 247 Å². The largest absolute Gasteiger partial charge is 0.492 e. The Balaban J connectivity index is 1.58. The molecule has 1 saturated heterocycles. The molecule has 0 bridgehead atoms. The predicted molar refractivity (Wildman–Crippen MR) is 163 cm³/mol. The third-order valence-corrected chi connectivity index (χ3v) is 7.77. The lowest BCUT2D eigenvalue weighted by Gasteiger charge is -2.24. The van der Waals surface area contributed by atoms with E-state index in [1.165, 1.54) is 7.11 Å². The molecule has 0 radical (unpaired) electrons. The Kier molecular flexibility index (Phi) is 9.46. The molecule has 4 rings (SSSR count). The zero-order chi connectivity index (χ0) is 29.8. The van der Waals surface area contributed by atoms with Crippen LogP contribution in [0.3, 0.4) is 0 Å². The van der Waals surface area contributed by atoms with Crippen LogP contribution >= 0.6 is 11.6 Å². The van der Waals surface area contributed by atoms with E-state index in [9.17, 15) is 13.2 Å². The van der Waals surface area contributed by atoms with Crippen molar-refractivity contribution in [1.29, 1.82) is 0 Å². The van der Waals surface area contributed by atoms with Crippen molar-refractivity contribution in [3.8, 4) is 17.2 Å². The highest BCUT2D eigenvalue weighted by atomic mass is 35.5. The van der Waals surface area contributed by atoms with Crippen LogP contribution in [0.4, 0.5) is 11.4 Å². The van der Waals surface area contributed by atoms with Gasteiger partial charge in [0.05, 0.1) is 29.8 Å². The maximum absolute atomic E-state index is 13.4. The van der Waals surface area contributed by atoms with Crippen molar-refractivity contribution in [2.45, 2.75) is 45.4 Å². The minimum Gasteiger partial charge on any atom is -0.492 e. The van der Waals surface area contributed by atoms with Gasteiger partial charge in [-0.25, -0.2) is 8.42 Å². The Hall–Kier alpha value is -3.34. The summed E-state index contributed by atoms with van der Waals surface area (Å²) in [7, 11) is -2.19. The van der Waals surface area contributed by atoms with E-state index >= 15 is 0 Å². The smallest absolute Gasteiger partial charge is 0.255 e. The maximum atomic E-state index is 13.4. The summed E-state index contributed by atoms with van der Waals surface area (Å²) in [4.78, 5) is 17.9. The number of halogens is 1. The quantitative estimate of drug-likeness (QED) is 0.276. The summed E-state index contributed by atoms with van der Waals surface area (Å²) in [5.74, 6) is 1.24. The average molecular weight is 601 g/mol. The first-order valence-corrected chi connectivity index (χ1v) is 15.7. The van der Waals surface area contributed by atoms with E-state index < -0.39 is 15.9 Å². The van der Waals surface area contributed by atoms with Crippen molar-refractivity contribution in [3.63, 3.8) is 0 Å². The second-order valence-electron chi connectivity index (χ2n) is 11.3. The normalized spacial score (nSPS) is 14.4. The number of aromatic nitrogens is 1. The molecule has 3 aromatic rings. The van der Waals surface area contributed by atoms with Gasteiger partial charge in [-0.3, -0.25) is 14.5 Å². The molecule has 11 heteroatoms. The maximum Gasteiger partial charge on any atom is 0.255 e. The van der Waals surface area contributed by atoms with Crippen molar-refractivity contribution >= 4 is 38.9 Å². The van der Waals surface area contributed by atoms with E-state index in [-0.39, 0.29) is 16.9 Å². The number of piperidine rings is 1. The standard InChI is InChI=1S/C30H37ClN4O5S/c1-30(2,3)21-16-25(28(39-4)26(17-21)35-41(5,37)38)34-29(36)20-6-7-24(31)27(15-20)40-23-10-13-33-22(18-23)14-19-8-11-32-12-9-19/h6-7,10,13,15-19,32,35H,8-9,11-12,14H2,1-5H3,(H,34,36). The monoisotopic (exact) mass is 600 g/mol. The molecule has 0 aliphatic carbocycles. The molecule has 0 saturated carbocycles. The molecule has 41 heavy (non-hydrogen) atoms. The summed E-state index contributed by atoms with van der Waals surface area (Å²) in [6.45, 7) is 8.01. The Morgan fingerprint density at radius 1 is 1.10 bits per heavy atom. The van der Waals surface area contributed by atoms with Crippen LogP contribution in [0.15, 0.2) is 48.7 Å². The lowest BCUT2D eigenvalue weighted by Crippen LogP contribution is -2.28. The van der Waals surface area contributed by atoms with E-state index in [1.54, 1.807) is 42.6 Å². The van der Waals surface area contributed by atoms with Crippen molar-refractivity contribution in [2.75, 3.05) is 36.5 Å². The van der Waals surface area contributed by atoms with Crippen molar-refractivity contribution in [2.24, 2.45) is 5.92 Å². The Bertz CT molecular complexity index is 1520. The number of methoxy groups -OCH3 is 1. The van der Waals surface area contributed by atoms with Gasteiger partial charge in [-0.1, -0.05) is 32.4 Å². The van der Waals surface area contributed by atoms with Crippen LogP contribution in [0.25, 0.3) is 0 Å². The van der Waals surface area contributed by atoms with Gasteiger partial charge in [0.2, 0.25) is 10.0 Å². The molecule has 1 fully saturated rings. The van der Waals surface area contributed by atoms with Gasteiger partial charge in [-0.15, -0.1) is 0 Å². The number of nitrogens with one attached hydrogen (secondary N) is 3. The van der Waals surface area contributed by atoms with Crippen LogP contribution in [-0.2, 0) is 21.9 Å². The van der Waals surface area contributed by atoms with Crippen molar-refractivity contribution < 1.29 is 22.7 Å². The third kappa shape index (κ3) is 8.34. The van der Waals surface area contributed by atoms with E-state index in [4.69, 9.17) is 21.1 Å². The number of amides is 1. The summed E-state index contributed by atoms with van der Waals surface area (Å²) >= 11 is 6.44. The van der Waals surface area contributed by atoms with Crippen LogP contribution in [0.5, 0.6) is 17.2 Å². The lowest BCUT2D eigenvalue weighted by atomic mass is 9.86. The minimum absolute atomic E-state index is 0.195. The van der Waals surface area contributed by atoms with Crippen LogP contribution in [0, 0.1) is 5.92 Å². The topological polar surface area (TPSA) is 119 Å². The summed E-state index contributed by atoms with van der Waals surface area (Å²) in [5, 5.41) is 6.60. The summed E-state index contributed by atoms with van der Waals surface area (Å²) in [6, 6.07) is 11.9. The molecular weight excluding hydrogens is 564 g/mol. The van der Waals surface area contributed by atoms with Gasteiger partial charge in [-0.2, -0.15) is 0 Å². The molecule has 1 aromatic heterocycles. The van der Waals surface area contributed by atoms with Crippen molar-refractivity contribution in [3.05, 3.63) is 70.5 Å². The number of carbonyl (C=O) groups is 1. The fourth-order valence-corrected chi connectivity index (χ4v) is 5.41. The zero-order valence-electron chi connectivity index (χ0n) is 24.0. The molecular formula is C30H37ClN4O5S. The van der Waals surface area contributed by atoms with Crippen LogP contribution < -0.4 is 24.8 Å². The van der Waals surface area contributed by atoms with E-state index in [0.717, 1.165) is 49.9 Å². The highest BCUT2D eigenvalue weighted by Gasteiger charge is 2.23. The molecule has 1 aliphatic rings. The number of anilines is 2. The van der Waals surface area contributed by atoms with Crippen LogP contribution in [0.1, 0.15) is 55.2 Å². The average Bonchev–Trinajstić information content (AvgIpc) is 2.89. The molecule has 0 unspecified atom stereocenters. The van der Waals surface area contributed by atoms with E-state index in [0.29, 0.717) is 33.7 Å². The van der Waals surface area contributed by atoms with Crippen LogP contribution in [-0.4, -0.2) is 45.8 Å². The number of hydrogen-bond acceptors (Lipinski definition) is 7.